The normalized spacial score (nSPS) is 11.9. The molecule has 0 saturated heterocycles. The largest absolute Gasteiger partial charge is 0.493 e. The van der Waals surface area contributed by atoms with Crippen LogP contribution in [0.4, 0.5) is 0 Å². The van der Waals surface area contributed by atoms with Gasteiger partial charge >= 0.3 is 0 Å². The van der Waals surface area contributed by atoms with Crippen molar-refractivity contribution >= 4 is 17.4 Å². The minimum absolute atomic E-state index is 0.0662. The first kappa shape index (κ1) is 21.8. The van der Waals surface area contributed by atoms with E-state index in [2.05, 4.69) is 59.7 Å². The van der Waals surface area contributed by atoms with E-state index in [1.54, 1.807) is 25.3 Å². The van der Waals surface area contributed by atoms with Crippen molar-refractivity contribution < 1.29 is 14.3 Å². The van der Waals surface area contributed by atoms with Gasteiger partial charge in [0.1, 0.15) is 0 Å². The molecule has 6 nitrogen and oxygen atoms in total. The van der Waals surface area contributed by atoms with Crippen LogP contribution in [0, 0.1) is 12.8 Å². The average Bonchev–Trinajstić information content (AvgIpc) is 3.16. The van der Waals surface area contributed by atoms with Crippen LogP contribution >= 0.6 is 11.5 Å². The topological polar surface area (TPSA) is 73.3 Å². The van der Waals surface area contributed by atoms with Gasteiger partial charge < -0.3 is 14.8 Å². The van der Waals surface area contributed by atoms with Crippen LogP contribution in [0.5, 0.6) is 16.7 Å². The molecule has 1 heterocycles. The number of aromatic nitrogens is 2. The number of benzene rings is 2. The second-order valence-corrected chi connectivity index (χ2v) is 8.33. The van der Waals surface area contributed by atoms with Crippen molar-refractivity contribution in [1.82, 2.24) is 14.7 Å². The Bertz CT molecular complexity index is 999. The molecule has 0 aliphatic heterocycles. The zero-order valence-electron chi connectivity index (χ0n) is 17.9. The molecule has 0 bridgehead atoms. The fourth-order valence-electron chi connectivity index (χ4n) is 2.69. The lowest BCUT2D eigenvalue weighted by Crippen LogP contribution is -2.36. The van der Waals surface area contributed by atoms with Gasteiger partial charge in [-0.25, -0.2) is 0 Å². The van der Waals surface area contributed by atoms with Crippen LogP contribution < -0.4 is 14.8 Å². The number of nitrogens with one attached hydrogen (secondary N) is 1. The molecule has 1 amide bonds. The Labute approximate surface area is 181 Å². The number of rotatable bonds is 8. The Balaban J connectivity index is 1.74. The predicted octanol–water partition coefficient (Wildman–Crippen LogP) is 5.01. The number of ether oxygens (including phenoxy) is 2. The van der Waals surface area contributed by atoms with E-state index in [1.807, 2.05) is 6.92 Å². The molecule has 1 N–H and O–H groups in total. The van der Waals surface area contributed by atoms with Crippen LogP contribution in [0.15, 0.2) is 42.5 Å². The van der Waals surface area contributed by atoms with Gasteiger partial charge in [0.25, 0.3) is 11.1 Å². The van der Waals surface area contributed by atoms with Crippen LogP contribution in [-0.2, 0) is 6.42 Å². The highest BCUT2D eigenvalue weighted by Gasteiger charge is 2.17. The summed E-state index contributed by atoms with van der Waals surface area (Å²) in [6.45, 7) is 8.18. The van der Waals surface area contributed by atoms with Crippen molar-refractivity contribution in [1.29, 1.82) is 0 Å². The SMILES string of the molecule is COc1ccc(C(=O)N[C@H](C)C(C)C)cc1Oc1nc(Cc2ccc(C)cc2)ns1. The van der Waals surface area contributed by atoms with Crippen molar-refractivity contribution in [3.8, 4) is 16.7 Å². The molecule has 158 valence electrons. The van der Waals surface area contributed by atoms with E-state index in [0.29, 0.717) is 40.4 Å². The van der Waals surface area contributed by atoms with Crippen LogP contribution in [0.25, 0.3) is 0 Å². The Morgan fingerprint density at radius 2 is 1.83 bits per heavy atom. The molecular weight excluding hydrogens is 398 g/mol. The smallest absolute Gasteiger partial charge is 0.298 e. The summed E-state index contributed by atoms with van der Waals surface area (Å²) in [6, 6.07) is 13.5. The molecule has 0 radical (unpaired) electrons. The molecule has 1 atom stereocenters. The summed E-state index contributed by atoms with van der Waals surface area (Å²) in [7, 11) is 1.56. The van der Waals surface area contributed by atoms with Gasteiger partial charge in [-0.15, -0.1) is 0 Å². The lowest BCUT2D eigenvalue weighted by molar-refractivity contribution is 0.0930. The molecule has 0 aliphatic rings. The third-order valence-corrected chi connectivity index (χ3v) is 5.55. The third-order valence-electron chi connectivity index (χ3n) is 4.91. The molecule has 0 unspecified atom stereocenters. The highest BCUT2D eigenvalue weighted by molar-refractivity contribution is 7.07. The number of amides is 1. The highest BCUT2D eigenvalue weighted by Crippen LogP contribution is 2.33. The third kappa shape index (κ3) is 5.57. The molecule has 30 heavy (non-hydrogen) atoms. The first-order valence-corrected chi connectivity index (χ1v) is 10.7. The van der Waals surface area contributed by atoms with Gasteiger partial charge in [0.05, 0.1) is 7.11 Å². The number of methoxy groups -OCH3 is 1. The summed E-state index contributed by atoms with van der Waals surface area (Å²) in [6.07, 6.45) is 0.632. The molecule has 1 aromatic heterocycles. The fraction of sp³-hybridized carbons (Fsp3) is 0.348. The zero-order chi connectivity index (χ0) is 21.7. The number of hydrogen-bond donors (Lipinski definition) is 1. The van der Waals surface area contributed by atoms with E-state index in [4.69, 9.17) is 9.47 Å². The molecule has 2 aromatic carbocycles. The van der Waals surface area contributed by atoms with Crippen molar-refractivity contribution in [2.24, 2.45) is 5.92 Å². The van der Waals surface area contributed by atoms with E-state index in [9.17, 15) is 4.79 Å². The number of carbonyl (C=O) groups is 1. The van der Waals surface area contributed by atoms with Crippen LogP contribution in [0.3, 0.4) is 0 Å². The van der Waals surface area contributed by atoms with E-state index in [1.165, 1.54) is 17.1 Å². The maximum Gasteiger partial charge on any atom is 0.298 e. The molecule has 0 spiro atoms. The van der Waals surface area contributed by atoms with Gasteiger partial charge in [-0.1, -0.05) is 43.7 Å². The van der Waals surface area contributed by atoms with Crippen LogP contribution in [0.2, 0.25) is 0 Å². The number of nitrogens with zero attached hydrogens (tertiary/aromatic N) is 2. The van der Waals surface area contributed by atoms with Gasteiger partial charge in [-0.05, 0) is 43.5 Å². The Kier molecular flexibility index (Phi) is 7.05. The lowest BCUT2D eigenvalue weighted by Gasteiger charge is -2.18. The van der Waals surface area contributed by atoms with Gasteiger partial charge in [0.15, 0.2) is 17.3 Å². The summed E-state index contributed by atoms with van der Waals surface area (Å²) in [5, 5.41) is 3.40. The highest BCUT2D eigenvalue weighted by atomic mass is 32.1. The summed E-state index contributed by atoms with van der Waals surface area (Å²) in [5.74, 6) is 1.84. The van der Waals surface area contributed by atoms with Gasteiger partial charge in [0.2, 0.25) is 0 Å². The molecular formula is C23H27N3O3S. The monoisotopic (exact) mass is 425 g/mol. The summed E-state index contributed by atoms with van der Waals surface area (Å²) in [4.78, 5) is 17.0. The molecule has 0 fully saturated rings. The molecule has 0 aliphatic carbocycles. The number of carbonyl (C=O) groups excluding carboxylic acids is 1. The molecule has 7 heteroatoms. The predicted molar refractivity (Wildman–Crippen MR) is 119 cm³/mol. The summed E-state index contributed by atoms with van der Waals surface area (Å²) < 4.78 is 15.7. The summed E-state index contributed by atoms with van der Waals surface area (Å²) in [5.41, 5.74) is 2.86. The average molecular weight is 426 g/mol. The van der Waals surface area contributed by atoms with Crippen molar-refractivity contribution in [3.05, 3.63) is 65.0 Å². The van der Waals surface area contributed by atoms with E-state index < -0.39 is 0 Å². The molecule has 0 saturated carbocycles. The van der Waals surface area contributed by atoms with Crippen molar-refractivity contribution in [2.75, 3.05) is 7.11 Å². The number of hydrogen-bond acceptors (Lipinski definition) is 6. The standard InChI is InChI=1S/C23H27N3O3S/c1-14(2)16(4)24-22(27)18-10-11-19(28-5)20(13-18)29-23-25-21(26-30-23)12-17-8-6-15(3)7-9-17/h6-11,13-14,16H,12H2,1-5H3,(H,24,27)/t16-/m1/s1. The lowest BCUT2D eigenvalue weighted by atomic mass is 10.1. The van der Waals surface area contributed by atoms with E-state index in [0.717, 1.165) is 5.56 Å². The Morgan fingerprint density at radius 3 is 2.50 bits per heavy atom. The minimum atomic E-state index is -0.152. The van der Waals surface area contributed by atoms with E-state index in [-0.39, 0.29) is 11.9 Å². The van der Waals surface area contributed by atoms with Gasteiger partial charge in [-0.3, -0.25) is 4.79 Å². The van der Waals surface area contributed by atoms with Crippen LogP contribution in [0.1, 0.15) is 48.1 Å². The summed E-state index contributed by atoms with van der Waals surface area (Å²) >= 11 is 1.18. The minimum Gasteiger partial charge on any atom is -0.493 e. The van der Waals surface area contributed by atoms with Crippen LogP contribution in [-0.4, -0.2) is 28.4 Å². The Hall–Kier alpha value is -2.93. The fourth-order valence-corrected chi connectivity index (χ4v) is 3.25. The maximum absolute atomic E-state index is 12.6. The first-order valence-electron chi connectivity index (χ1n) is 9.90. The zero-order valence-corrected chi connectivity index (χ0v) is 18.7. The number of aryl methyl sites for hydroxylation is 1. The molecule has 3 rings (SSSR count). The van der Waals surface area contributed by atoms with E-state index >= 15 is 0 Å². The second-order valence-electron chi connectivity index (χ2n) is 7.61. The maximum atomic E-state index is 12.6. The first-order chi connectivity index (χ1) is 14.4. The quantitative estimate of drug-likeness (QED) is 0.549. The van der Waals surface area contributed by atoms with Crippen molar-refractivity contribution in [3.63, 3.8) is 0 Å². The van der Waals surface area contributed by atoms with Gasteiger partial charge in [-0.2, -0.15) is 9.36 Å². The Morgan fingerprint density at radius 1 is 1.10 bits per heavy atom. The molecule has 3 aromatic rings. The van der Waals surface area contributed by atoms with Crippen molar-refractivity contribution in [2.45, 2.75) is 40.2 Å². The second kappa shape index (κ2) is 9.71. The van der Waals surface area contributed by atoms with Gasteiger partial charge in [0, 0.05) is 29.6 Å².